The molecule has 14 heteroatoms. The molecule has 0 radical (unpaired) electrons. The number of esters is 2. The molecule has 58 heavy (non-hydrogen) atoms. The lowest BCUT2D eigenvalue weighted by molar-refractivity contribution is -0.220. The monoisotopic (exact) mass is 849 g/mol. The molecule has 6 N–H and O–H groups in total. The quantitative estimate of drug-likeness (QED) is 0.0150. The molecule has 0 heterocycles. The van der Waals surface area contributed by atoms with Crippen LogP contribution in [0.25, 0.3) is 0 Å². The summed E-state index contributed by atoms with van der Waals surface area (Å²) in [6.45, 7) is 3.26. The molecule has 1 fully saturated rings. The number of rotatable bonds is 37. The lowest BCUT2D eigenvalue weighted by Gasteiger charge is -2.41. The van der Waals surface area contributed by atoms with Crippen LogP contribution < -0.4 is 0 Å². The van der Waals surface area contributed by atoms with Gasteiger partial charge in [0.15, 0.2) is 6.10 Å². The minimum absolute atomic E-state index is 0.0832. The summed E-state index contributed by atoms with van der Waals surface area (Å²) in [4.78, 5) is 35.6. The summed E-state index contributed by atoms with van der Waals surface area (Å²) in [6, 6.07) is 0. The Morgan fingerprint density at radius 3 is 1.43 bits per heavy atom. The molecule has 6 atom stereocenters. The molecule has 0 bridgehead atoms. The van der Waals surface area contributed by atoms with E-state index in [0.717, 1.165) is 64.2 Å². The number of phosphoric acid groups is 1. The van der Waals surface area contributed by atoms with Crippen molar-refractivity contribution in [3.05, 3.63) is 24.3 Å². The predicted molar refractivity (Wildman–Crippen MR) is 226 cm³/mol. The van der Waals surface area contributed by atoms with E-state index in [0.29, 0.717) is 12.8 Å². The molecule has 6 unspecified atom stereocenters. The number of aliphatic hydroxyl groups excluding tert-OH is 5. The first-order valence-electron chi connectivity index (χ1n) is 22.6. The van der Waals surface area contributed by atoms with E-state index in [9.17, 15) is 44.6 Å². The molecule has 0 amide bonds. The largest absolute Gasteiger partial charge is 0.472 e. The van der Waals surface area contributed by atoms with Crippen LogP contribution in [0.3, 0.4) is 0 Å². The Hall–Kier alpha value is -1.67. The van der Waals surface area contributed by atoms with Crippen molar-refractivity contribution in [2.45, 2.75) is 230 Å². The van der Waals surface area contributed by atoms with Gasteiger partial charge in [0, 0.05) is 12.8 Å². The zero-order valence-electron chi connectivity index (χ0n) is 35.8. The molecule has 1 aliphatic rings. The molecule has 1 rings (SSSR count). The van der Waals surface area contributed by atoms with Crippen LogP contribution in [0, 0.1) is 0 Å². The third-order valence-electron chi connectivity index (χ3n) is 10.5. The van der Waals surface area contributed by atoms with E-state index in [2.05, 4.69) is 38.2 Å². The van der Waals surface area contributed by atoms with Gasteiger partial charge in [-0.25, -0.2) is 4.57 Å². The zero-order valence-corrected chi connectivity index (χ0v) is 36.7. The number of carbonyl (C=O) groups is 2. The summed E-state index contributed by atoms with van der Waals surface area (Å²) in [6.07, 6.45) is 23.7. The van der Waals surface area contributed by atoms with Crippen LogP contribution in [0.15, 0.2) is 24.3 Å². The molecule has 0 aromatic heterocycles. The topological polar surface area (TPSA) is 210 Å². The van der Waals surface area contributed by atoms with Gasteiger partial charge in [-0.05, 0) is 44.9 Å². The fourth-order valence-electron chi connectivity index (χ4n) is 6.85. The number of hydrogen-bond acceptors (Lipinski definition) is 12. The van der Waals surface area contributed by atoms with Crippen molar-refractivity contribution in [1.29, 1.82) is 0 Å². The van der Waals surface area contributed by atoms with Crippen molar-refractivity contribution in [3.63, 3.8) is 0 Å². The van der Waals surface area contributed by atoms with Gasteiger partial charge in [-0.2, -0.15) is 0 Å². The maximum atomic E-state index is 12.8. The Morgan fingerprint density at radius 1 is 0.534 bits per heavy atom. The molecule has 1 saturated carbocycles. The first-order chi connectivity index (χ1) is 27.9. The number of hydrogen-bond donors (Lipinski definition) is 6. The number of ether oxygens (including phenoxy) is 2. The molecule has 0 spiro atoms. The van der Waals surface area contributed by atoms with E-state index in [-0.39, 0.29) is 12.8 Å². The van der Waals surface area contributed by atoms with Gasteiger partial charge < -0.3 is 39.9 Å². The SMILES string of the molecule is CCCCCC=CCC=CCCCCCCCC(=O)OC(COC(=O)CCCCCCCCCCCCCCCC)COP(=O)(O)OC1C(O)C(O)C(O)C(O)C1O. The highest BCUT2D eigenvalue weighted by Crippen LogP contribution is 2.47. The fraction of sp³-hybridized carbons (Fsp3) is 0.864. The van der Waals surface area contributed by atoms with Gasteiger partial charge in [0.25, 0.3) is 0 Å². The summed E-state index contributed by atoms with van der Waals surface area (Å²) in [5, 5.41) is 50.1. The van der Waals surface area contributed by atoms with Crippen LogP contribution >= 0.6 is 7.82 Å². The molecular formula is C44H81O13P. The Bertz CT molecular complexity index is 1120. The summed E-state index contributed by atoms with van der Waals surface area (Å²) < 4.78 is 33.5. The van der Waals surface area contributed by atoms with Crippen LogP contribution in [0.5, 0.6) is 0 Å². The molecule has 340 valence electrons. The average molecular weight is 849 g/mol. The molecular weight excluding hydrogens is 767 g/mol. The van der Waals surface area contributed by atoms with Crippen LogP contribution in [0.1, 0.15) is 187 Å². The number of phosphoric ester groups is 1. The minimum atomic E-state index is -5.12. The van der Waals surface area contributed by atoms with E-state index in [1.165, 1.54) is 83.5 Å². The first-order valence-corrected chi connectivity index (χ1v) is 24.1. The molecule has 13 nitrogen and oxygen atoms in total. The summed E-state index contributed by atoms with van der Waals surface area (Å²) in [5.41, 5.74) is 0. The van der Waals surface area contributed by atoms with Gasteiger partial charge >= 0.3 is 19.8 Å². The Labute approximate surface area is 349 Å². The third-order valence-corrected chi connectivity index (χ3v) is 11.5. The maximum Gasteiger partial charge on any atom is 0.472 e. The van der Waals surface area contributed by atoms with Crippen molar-refractivity contribution in [2.24, 2.45) is 0 Å². The smallest absolute Gasteiger partial charge is 0.462 e. The standard InChI is InChI=1S/C44H81O13P/c1-3-5-7-9-11-13-15-17-19-21-23-25-27-29-31-33-38(46)56-36(35-55-58(52,53)57-44-42(50)40(48)39(47)41(49)43(44)51)34-54-37(45)32-30-28-26-24-22-20-18-16-14-12-10-8-6-4-2/h11,13,17,19,36,39-44,47-51H,3-10,12,14-16,18,20-35H2,1-2H3,(H,52,53). The van der Waals surface area contributed by atoms with Crippen molar-refractivity contribution >= 4 is 19.8 Å². The molecule has 0 aromatic carbocycles. The van der Waals surface area contributed by atoms with E-state index >= 15 is 0 Å². The molecule has 1 aliphatic carbocycles. The second kappa shape index (κ2) is 35.0. The Balaban J connectivity index is 2.48. The minimum Gasteiger partial charge on any atom is -0.462 e. The zero-order chi connectivity index (χ0) is 42.9. The van der Waals surface area contributed by atoms with Gasteiger partial charge in [0.05, 0.1) is 6.61 Å². The Kier molecular flexibility index (Phi) is 32.8. The highest BCUT2D eigenvalue weighted by molar-refractivity contribution is 7.47. The fourth-order valence-corrected chi connectivity index (χ4v) is 7.82. The maximum absolute atomic E-state index is 12.8. The van der Waals surface area contributed by atoms with Crippen LogP contribution in [0.4, 0.5) is 0 Å². The molecule has 0 aliphatic heterocycles. The van der Waals surface area contributed by atoms with Crippen LogP contribution in [-0.4, -0.2) is 98.3 Å². The van der Waals surface area contributed by atoms with E-state index < -0.39 is 75.7 Å². The molecule has 0 aromatic rings. The van der Waals surface area contributed by atoms with Crippen LogP contribution in [-0.2, 0) is 32.7 Å². The van der Waals surface area contributed by atoms with E-state index in [1.54, 1.807) is 0 Å². The predicted octanol–water partition coefficient (Wildman–Crippen LogP) is 8.45. The van der Waals surface area contributed by atoms with Crippen molar-refractivity contribution in [2.75, 3.05) is 13.2 Å². The number of aliphatic hydroxyl groups is 5. The van der Waals surface area contributed by atoms with Gasteiger partial charge in [-0.15, -0.1) is 0 Å². The second-order valence-electron chi connectivity index (χ2n) is 15.9. The summed E-state index contributed by atoms with van der Waals surface area (Å²) in [5.74, 6) is -1.11. The van der Waals surface area contributed by atoms with E-state index in [4.69, 9.17) is 18.5 Å². The van der Waals surface area contributed by atoms with E-state index in [1.807, 2.05) is 0 Å². The highest BCUT2D eigenvalue weighted by atomic mass is 31.2. The Morgan fingerprint density at radius 2 is 0.931 bits per heavy atom. The number of allylic oxidation sites excluding steroid dienone is 4. The average Bonchev–Trinajstić information content (AvgIpc) is 3.20. The highest BCUT2D eigenvalue weighted by Gasteiger charge is 2.51. The molecule has 0 saturated heterocycles. The summed E-state index contributed by atoms with van der Waals surface area (Å²) in [7, 11) is -5.12. The third kappa shape index (κ3) is 27.2. The summed E-state index contributed by atoms with van der Waals surface area (Å²) >= 11 is 0. The van der Waals surface area contributed by atoms with Crippen molar-refractivity contribution < 1.29 is 63.1 Å². The van der Waals surface area contributed by atoms with Gasteiger partial charge in [-0.3, -0.25) is 18.6 Å². The first kappa shape index (κ1) is 54.3. The van der Waals surface area contributed by atoms with Crippen molar-refractivity contribution in [3.8, 4) is 0 Å². The van der Waals surface area contributed by atoms with Gasteiger partial charge in [-0.1, -0.05) is 154 Å². The second-order valence-corrected chi connectivity index (χ2v) is 17.3. The number of carbonyl (C=O) groups excluding carboxylic acids is 2. The normalized spacial score (nSPS) is 22.7. The lowest BCUT2D eigenvalue weighted by atomic mass is 9.85. The number of unbranched alkanes of at least 4 members (excludes halogenated alkanes) is 21. The lowest BCUT2D eigenvalue weighted by Crippen LogP contribution is -2.64. The van der Waals surface area contributed by atoms with Crippen molar-refractivity contribution in [1.82, 2.24) is 0 Å². The van der Waals surface area contributed by atoms with Gasteiger partial charge in [0.1, 0.15) is 43.2 Å². The van der Waals surface area contributed by atoms with Crippen LogP contribution in [0.2, 0.25) is 0 Å². The van der Waals surface area contributed by atoms with Gasteiger partial charge in [0.2, 0.25) is 0 Å².